The summed E-state index contributed by atoms with van der Waals surface area (Å²) in [5.74, 6) is -0.400. The Kier molecular flexibility index (Phi) is 3.95. The second-order valence-corrected chi connectivity index (χ2v) is 4.29. The normalized spacial score (nSPS) is 12.4. The van der Waals surface area contributed by atoms with Crippen molar-refractivity contribution in [1.29, 1.82) is 0 Å². The number of hydrogen-bond donors (Lipinski definition) is 0. The van der Waals surface area contributed by atoms with Gasteiger partial charge in [-0.2, -0.15) is 0 Å². The van der Waals surface area contributed by atoms with Crippen LogP contribution < -0.4 is 0 Å². The molecular formula is C10H11FO2S. The molecule has 14 heavy (non-hydrogen) atoms. The van der Waals surface area contributed by atoms with Gasteiger partial charge in [-0.05, 0) is 24.3 Å². The molecule has 0 aliphatic carbocycles. The molecule has 0 aliphatic heterocycles. The summed E-state index contributed by atoms with van der Waals surface area (Å²) in [6, 6.07) is 5.36. The largest absolute Gasteiger partial charge is 0.299 e. The summed E-state index contributed by atoms with van der Waals surface area (Å²) in [7, 11) is -1.34. The minimum absolute atomic E-state index is 0.0160. The number of ketones is 1. The van der Waals surface area contributed by atoms with Crippen LogP contribution in [0, 0.1) is 5.82 Å². The van der Waals surface area contributed by atoms with Crippen LogP contribution in [0.1, 0.15) is 13.3 Å². The van der Waals surface area contributed by atoms with Crippen LogP contribution in [0.2, 0.25) is 0 Å². The summed E-state index contributed by atoms with van der Waals surface area (Å²) in [6.45, 7) is 1.73. The highest BCUT2D eigenvalue weighted by molar-refractivity contribution is 7.85. The molecule has 0 aromatic heterocycles. The molecule has 1 rings (SSSR count). The number of carbonyl (C=O) groups is 1. The Hall–Kier alpha value is -1.03. The molecule has 4 heteroatoms. The van der Waals surface area contributed by atoms with Crippen LogP contribution in [-0.2, 0) is 15.6 Å². The van der Waals surface area contributed by atoms with E-state index in [-0.39, 0.29) is 17.4 Å². The molecule has 0 saturated heterocycles. The first-order valence-corrected chi connectivity index (χ1v) is 5.61. The first-order valence-electron chi connectivity index (χ1n) is 4.29. The summed E-state index contributed by atoms with van der Waals surface area (Å²) in [6.07, 6.45) is 0.382. The van der Waals surface area contributed by atoms with Gasteiger partial charge in [-0.3, -0.25) is 9.00 Å². The number of hydrogen-bond acceptors (Lipinski definition) is 2. The predicted molar refractivity (Wildman–Crippen MR) is 53.0 cm³/mol. The molecule has 0 amide bonds. The Morgan fingerprint density at radius 3 is 2.43 bits per heavy atom. The summed E-state index contributed by atoms with van der Waals surface area (Å²) < 4.78 is 24.0. The Balaban J connectivity index is 2.70. The molecule has 2 nitrogen and oxygen atoms in total. The maximum absolute atomic E-state index is 12.5. The van der Waals surface area contributed by atoms with E-state index in [0.29, 0.717) is 11.3 Å². The third-order valence-corrected chi connectivity index (χ3v) is 3.15. The van der Waals surface area contributed by atoms with Crippen molar-refractivity contribution in [3.8, 4) is 0 Å². The molecule has 0 spiro atoms. The van der Waals surface area contributed by atoms with Gasteiger partial charge in [-0.25, -0.2) is 4.39 Å². The number of rotatable bonds is 4. The average molecular weight is 214 g/mol. The van der Waals surface area contributed by atoms with E-state index < -0.39 is 10.8 Å². The van der Waals surface area contributed by atoms with Gasteiger partial charge in [0.25, 0.3) is 0 Å². The topological polar surface area (TPSA) is 34.1 Å². The third kappa shape index (κ3) is 3.03. The molecule has 1 aromatic carbocycles. The van der Waals surface area contributed by atoms with Gasteiger partial charge in [0.15, 0.2) is 0 Å². The highest BCUT2D eigenvalue weighted by atomic mass is 32.2. The quantitative estimate of drug-likeness (QED) is 0.767. The van der Waals surface area contributed by atoms with Crippen LogP contribution in [0.15, 0.2) is 29.2 Å². The average Bonchev–Trinajstić information content (AvgIpc) is 2.18. The zero-order chi connectivity index (χ0) is 10.6. The van der Waals surface area contributed by atoms with Gasteiger partial charge in [0, 0.05) is 11.3 Å². The molecule has 1 atom stereocenters. The van der Waals surface area contributed by atoms with Gasteiger partial charge in [-0.15, -0.1) is 0 Å². The van der Waals surface area contributed by atoms with Gasteiger partial charge in [-0.1, -0.05) is 6.92 Å². The summed E-state index contributed by atoms with van der Waals surface area (Å²) in [5.41, 5.74) is 0. The van der Waals surface area contributed by atoms with Crippen LogP contribution >= 0.6 is 0 Å². The molecule has 0 saturated carbocycles. The van der Waals surface area contributed by atoms with E-state index in [9.17, 15) is 13.4 Å². The van der Waals surface area contributed by atoms with Crippen molar-refractivity contribution in [2.45, 2.75) is 18.2 Å². The molecule has 0 radical (unpaired) electrons. The smallest absolute Gasteiger partial charge is 0.145 e. The van der Waals surface area contributed by atoms with Crippen LogP contribution in [-0.4, -0.2) is 15.7 Å². The van der Waals surface area contributed by atoms with E-state index in [0.717, 1.165) is 0 Å². The van der Waals surface area contributed by atoms with Crippen LogP contribution in [0.3, 0.4) is 0 Å². The Bertz CT molecular complexity index is 346. The number of benzene rings is 1. The number of carbonyl (C=O) groups excluding carboxylic acids is 1. The molecule has 0 fully saturated rings. The Morgan fingerprint density at radius 1 is 1.36 bits per heavy atom. The molecule has 1 aromatic rings. The molecule has 0 N–H and O–H groups in total. The number of Topliss-reactive ketones (excluding diaryl/α,β-unsaturated/α-hetero) is 1. The molecule has 0 aliphatic rings. The van der Waals surface area contributed by atoms with Crippen molar-refractivity contribution in [1.82, 2.24) is 0 Å². The van der Waals surface area contributed by atoms with Crippen LogP contribution in [0.5, 0.6) is 0 Å². The minimum atomic E-state index is -1.34. The number of halogens is 1. The SMILES string of the molecule is CCC(=O)CS(=O)c1ccc(F)cc1. The molecule has 0 heterocycles. The molecule has 76 valence electrons. The van der Waals surface area contributed by atoms with E-state index in [4.69, 9.17) is 0 Å². The standard InChI is InChI=1S/C10H11FO2S/c1-2-9(12)7-14(13)10-5-3-8(11)4-6-10/h3-6H,2,7H2,1H3. The Morgan fingerprint density at radius 2 is 1.93 bits per heavy atom. The van der Waals surface area contributed by atoms with E-state index in [1.54, 1.807) is 6.92 Å². The van der Waals surface area contributed by atoms with Gasteiger partial charge in [0.05, 0.1) is 16.6 Å². The van der Waals surface area contributed by atoms with Crippen molar-refractivity contribution in [2.75, 3.05) is 5.75 Å². The van der Waals surface area contributed by atoms with Crippen molar-refractivity contribution < 1.29 is 13.4 Å². The molecule has 1 unspecified atom stereocenters. The third-order valence-electron chi connectivity index (χ3n) is 1.76. The van der Waals surface area contributed by atoms with Crippen molar-refractivity contribution in [3.63, 3.8) is 0 Å². The zero-order valence-corrected chi connectivity index (χ0v) is 8.64. The minimum Gasteiger partial charge on any atom is -0.299 e. The lowest BCUT2D eigenvalue weighted by Gasteiger charge is -1.99. The summed E-state index contributed by atoms with van der Waals surface area (Å²) in [4.78, 5) is 11.5. The fraction of sp³-hybridized carbons (Fsp3) is 0.300. The highest BCUT2D eigenvalue weighted by Gasteiger charge is 2.08. The molecular weight excluding hydrogens is 203 g/mol. The van der Waals surface area contributed by atoms with E-state index in [1.807, 2.05) is 0 Å². The fourth-order valence-electron chi connectivity index (χ4n) is 0.918. The van der Waals surface area contributed by atoms with Gasteiger partial charge < -0.3 is 0 Å². The van der Waals surface area contributed by atoms with Crippen molar-refractivity contribution in [2.24, 2.45) is 0 Å². The lowest BCUT2D eigenvalue weighted by Crippen LogP contribution is -2.09. The lowest BCUT2D eigenvalue weighted by atomic mass is 10.3. The van der Waals surface area contributed by atoms with Crippen LogP contribution in [0.25, 0.3) is 0 Å². The second-order valence-electron chi connectivity index (χ2n) is 2.84. The van der Waals surface area contributed by atoms with Crippen LogP contribution in [0.4, 0.5) is 4.39 Å². The van der Waals surface area contributed by atoms with Crippen molar-refractivity contribution >= 4 is 16.6 Å². The van der Waals surface area contributed by atoms with Gasteiger partial charge in [0.2, 0.25) is 0 Å². The monoisotopic (exact) mass is 214 g/mol. The second kappa shape index (κ2) is 5.00. The summed E-state index contributed by atoms with van der Waals surface area (Å²) >= 11 is 0. The Labute approximate surface area is 84.6 Å². The van der Waals surface area contributed by atoms with E-state index >= 15 is 0 Å². The van der Waals surface area contributed by atoms with Gasteiger partial charge >= 0.3 is 0 Å². The lowest BCUT2D eigenvalue weighted by molar-refractivity contribution is -0.116. The first-order chi connectivity index (χ1) is 6.63. The first kappa shape index (κ1) is 11.0. The van der Waals surface area contributed by atoms with E-state index in [1.165, 1.54) is 24.3 Å². The van der Waals surface area contributed by atoms with Gasteiger partial charge in [0.1, 0.15) is 11.6 Å². The molecule has 0 bridgehead atoms. The van der Waals surface area contributed by atoms with E-state index in [2.05, 4.69) is 0 Å². The van der Waals surface area contributed by atoms with Crippen molar-refractivity contribution in [3.05, 3.63) is 30.1 Å². The predicted octanol–water partition coefficient (Wildman–Crippen LogP) is 1.91. The summed E-state index contributed by atoms with van der Waals surface area (Å²) in [5, 5.41) is 0. The highest BCUT2D eigenvalue weighted by Crippen LogP contribution is 2.08. The maximum Gasteiger partial charge on any atom is 0.145 e. The fourth-order valence-corrected chi connectivity index (χ4v) is 2.02. The maximum atomic E-state index is 12.5. The zero-order valence-electron chi connectivity index (χ0n) is 7.83.